The van der Waals surface area contributed by atoms with E-state index in [0.29, 0.717) is 5.75 Å². The van der Waals surface area contributed by atoms with Gasteiger partial charge in [-0.25, -0.2) is 0 Å². The molecule has 1 aromatic rings. The van der Waals surface area contributed by atoms with Gasteiger partial charge in [-0.3, -0.25) is 0 Å². The van der Waals surface area contributed by atoms with E-state index in [1.807, 2.05) is 6.07 Å². The van der Waals surface area contributed by atoms with Crippen molar-refractivity contribution >= 4 is 5.69 Å². The molecule has 0 spiro atoms. The molecule has 0 amide bonds. The maximum Gasteiger partial charge on any atom is 0.121 e. The van der Waals surface area contributed by atoms with Gasteiger partial charge in [-0.15, -0.1) is 0 Å². The van der Waals surface area contributed by atoms with Gasteiger partial charge in [-0.05, 0) is 31.9 Å². The minimum Gasteiger partial charge on any atom is -0.508 e. The lowest BCUT2D eigenvalue weighted by Crippen LogP contribution is -2.48. The lowest BCUT2D eigenvalue weighted by molar-refractivity contribution is 0.339. The lowest BCUT2D eigenvalue weighted by atomic mass is 9.59. The number of nitrogens with one attached hydrogen (secondary N) is 1. The smallest absolute Gasteiger partial charge is 0.121 e. The molecule has 2 nitrogen and oxygen atoms in total. The molecule has 74 valence electrons. The third-order valence-electron chi connectivity index (χ3n) is 3.59. The van der Waals surface area contributed by atoms with Gasteiger partial charge >= 0.3 is 0 Å². The van der Waals surface area contributed by atoms with Crippen LogP contribution in [-0.4, -0.2) is 10.6 Å². The molecular formula is C12H15NO. The lowest BCUT2D eigenvalue weighted by Gasteiger charge is -2.51. The number of phenols is 1. The number of rotatable bonds is 0. The van der Waals surface area contributed by atoms with Crippen LogP contribution in [0.3, 0.4) is 0 Å². The monoisotopic (exact) mass is 189 g/mol. The third-order valence-corrected chi connectivity index (χ3v) is 3.59. The van der Waals surface area contributed by atoms with Gasteiger partial charge < -0.3 is 10.4 Å². The van der Waals surface area contributed by atoms with Gasteiger partial charge in [0.25, 0.3) is 0 Å². The fraction of sp³-hybridized carbons (Fsp3) is 0.500. The third kappa shape index (κ3) is 0.729. The highest BCUT2D eigenvalue weighted by Gasteiger charge is 2.49. The molecule has 1 atom stereocenters. The van der Waals surface area contributed by atoms with E-state index in [0.717, 1.165) is 17.7 Å². The highest BCUT2D eigenvalue weighted by molar-refractivity contribution is 5.74. The summed E-state index contributed by atoms with van der Waals surface area (Å²) in [5, 5.41) is 13.2. The van der Waals surface area contributed by atoms with Crippen LogP contribution in [-0.2, 0) is 5.41 Å². The van der Waals surface area contributed by atoms with Crippen LogP contribution in [0.2, 0.25) is 0 Å². The SMILES string of the molecule is CC1(C)CC2(C)c3cc2c(cc3O)N1. The van der Waals surface area contributed by atoms with Crippen molar-refractivity contribution in [1.82, 2.24) is 0 Å². The van der Waals surface area contributed by atoms with Gasteiger partial charge in [-0.1, -0.05) is 6.92 Å². The number of hydrogen-bond donors (Lipinski definition) is 2. The van der Waals surface area contributed by atoms with E-state index in [-0.39, 0.29) is 11.0 Å². The summed E-state index contributed by atoms with van der Waals surface area (Å²) < 4.78 is 0. The summed E-state index contributed by atoms with van der Waals surface area (Å²) in [5.74, 6) is 0.445. The van der Waals surface area contributed by atoms with Gasteiger partial charge in [0.05, 0.1) is 0 Å². The Morgan fingerprint density at radius 1 is 1.21 bits per heavy atom. The number of aromatic hydroxyl groups is 1. The predicted octanol–water partition coefficient (Wildman–Crippen LogP) is 2.61. The molecule has 2 heteroatoms. The van der Waals surface area contributed by atoms with Crippen molar-refractivity contribution < 1.29 is 5.11 Å². The van der Waals surface area contributed by atoms with Crippen molar-refractivity contribution in [1.29, 1.82) is 0 Å². The molecule has 4 rings (SSSR count). The molecule has 0 saturated heterocycles. The molecule has 14 heavy (non-hydrogen) atoms. The molecule has 0 radical (unpaired) electrons. The Kier molecular flexibility index (Phi) is 1.12. The molecule has 0 fully saturated rings. The largest absolute Gasteiger partial charge is 0.508 e. The van der Waals surface area contributed by atoms with Crippen molar-refractivity contribution in [2.45, 2.75) is 38.1 Å². The van der Waals surface area contributed by atoms with Gasteiger partial charge in [0.2, 0.25) is 0 Å². The summed E-state index contributed by atoms with van der Waals surface area (Å²) in [4.78, 5) is 0. The van der Waals surface area contributed by atoms with Crippen LogP contribution in [0.25, 0.3) is 0 Å². The Morgan fingerprint density at radius 2 is 1.93 bits per heavy atom. The number of fused-ring (bicyclic) bond motifs is 1. The highest BCUT2D eigenvalue weighted by atomic mass is 16.3. The van der Waals surface area contributed by atoms with Crippen LogP contribution < -0.4 is 5.32 Å². The van der Waals surface area contributed by atoms with E-state index >= 15 is 0 Å². The summed E-state index contributed by atoms with van der Waals surface area (Å²) in [6.45, 7) is 6.64. The summed E-state index contributed by atoms with van der Waals surface area (Å²) in [6.07, 6.45) is 1.06. The minimum absolute atomic E-state index is 0.100. The molecule has 0 saturated carbocycles. The van der Waals surface area contributed by atoms with Crippen molar-refractivity contribution in [3.63, 3.8) is 0 Å². The number of phenolic OH excluding ortho intramolecular Hbond substituents is 1. The highest BCUT2D eigenvalue weighted by Crippen LogP contribution is 2.57. The van der Waals surface area contributed by atoms with Crippen LogP contribution in [0.15, 0.2) is 12.1 Å². The second-order valence-corrected chi connectivity index (χ2v) is 5.43. The number of anilines is 1. The summed E-state index contributed by atoms with van der Waals surface area (Å²) >= 11 is 0. The van der Waals surface area contributed by atoms with Crippen molar-refractivity contribution in [2.75, 3.05) is 5.32 Å². The Balaban J connectivity index is 2.25. The van der Waals surface area contributed by atoms with E-state index in [4.69, 9.17) is 0 Å². The van der Waals surface area contributed by atoms with Gasteiger partial charge in [0, 0.05) is 28.3 Å². The number of benzene rings is 1. The zero-order valence-electron chi connectivity index (χ0n) is 8.81. The van der Waals surface area contributed by atoms with Gasteiger partial charge in [0.1, 0.15) is 5.75 Å². The van der Waals surface area contributed by atoms with Crippen molar-refractivity contribution in [3.8, 4) is 5.75 Å². The summed E-state index contributed by atoms with van der Waals surface area (Å²) in [6, 6.07) is 3.96. The maximum atomic E-state index is 9.78. The molecule has 4 bridgehead atoms. The first-order chi connectivity index (χ1) is 6.42. The van der Waals surface area contributed by atoms with Crippen LogP contribution in [0.1, 0.15) is 38.3 Å². The van der Waals surface area contributed by atoms with Crippen LogP contribution in [0.5, 0.6) is 5.75 Å². The van der Waals surface area contributed by atoms with E-state index in [1.54, 1.807) is 0 Å². The molecule has 2 N–H and O–H groups in total. The Labute approximate surface area is 84.0 Å². The zero-order chi connectivity index (χ0) is 10.1. The van der Waals surface area contributed by atoms with Crippen LogP contribution in [0.4, 0.5) is 5.69 Å². The van der Waals surface area contributed by atoms with Crippen molar-refractivity contribution in [2.24, 2.45) is 0 Å². The van der Waals surface area contributed by atoms with Crippen molar-refractivity contribution in [3.05, 3.63) is 23.3 Å². The second-order valence-electron chi connectivity index (χ2n) is 5.43. The molecule has 1 unspecified atom stereocenters. The maximum absolute atomic E-state index is 9.78. The Hall–Kier alpha value is -1.18. The molecule has 3 aliphatic rings. The second kappa shape index (κ2) is 1.92. The van der Waals surface area contributed by atoms with E-state index in [9.17, 15) is 5.11 Å². The first-order valence-electron chi connectivity index (χ1n) is 5.09. The fourth-order valence-electron chi connectivity index (χ4n) is 3.14. The molecule has 1 aromatic carbocycles. The van der Waals surface area contributed by atoms with Gasteiger partial charge in [-0.2, -0.15) is 0 Å². The van der Waals surface area contributed by atoms with E-state index in [1.165, 1.54) is 5.56 Å². The molecule has 0 aromatic heterocycles. The zero-order valence-corrected chi connectivity index (χ0v) is 8.81. The fourth-order valence-corrected chi connectivity index (χ4v) is 3.14. The van der Waals surface area contributed by atoms with Crippen LogP contribution >= 0.6 is 0 Å². The average molecular weight is 189 g/mol. The van der Waals surface area contributed by atoms with Gasteiger partial charge in [0.15, 0.2) is 0 Å². The normalized spacial score (nSPS) is 30.5. The Morgan fingerprint density at radius 3 is 2.50 bits per heavy atom. The standard InChI is InChI=1S/C12H15NO/c1-11(2)6-12(3)7-4-8(12)10(14)5-9(7)13-11/h4-5,13-14H,6H2,1-3H3. The predicted molar refractivity (Wildman–Crippen MR) is 56.9 cm³/mol. The molecule has 1 aliphatic heterocycles. The average Bonchev–Trinajstić information content (AvgIpc) is 1.97. The first kappa shape index (κ1) is 8.16. The minimum atomic E-state index is 0.100. The summed E-state index contributed by atoms with van der Waals surface area (Å²) in [5.41, 5.74) is 3.82. The first-order valence-corrected chi connectivity index (χ1v) is 5.09. The summed E-state index contributed by atoms with van der Waals surface area (Å²) in [7, 11) is 0. The Bertz CT molecular complexity index is 436. The van der Waals surface area contributed by atoms with E-state index in [2.05, 4.69) is 32.2 Å². The quantitative estimate of drug-likeness (QED) is 0.657. The van der Waals surface area contributed by atoms with E-state index < -0.39 is 0 Å². The van der Waals surface area contributed by atoms with Crippen LogP contribution in [0, 0.1) is 0 Å². The molecule has 2 aliphatic carbocycles. The molecule has 1 heterocycles. The topological polar surface area (TPSA) is 32.3 Å². The number of hydrogen-bond acceptors (Lipinski definition) is 2. The molecular weight excluding hydrogens is 174 g/mol.